The number of halogens is 1. The van der Waals surface area contributed by atoms with Gasteiger partial charge >= 0.3 is 0 Å². The normalized spacial score (nSPS) is 29.1. The van der Waals surface area contributed by atoms with E-state index in [1.54, 1.807) is 0 Å². The Hall–Kier alpha value is -0.0900. The Bertz CT molecular complexity index is 285. The van der Waals surface area contributed by atoms with E-state index in [2.05, 4.69) is 32.8 Å². The fourth-order valence-corrected chi connectivity index (χ4v) is 3.80. The van der Waals surface area contributed by atoms with Crippen LogP contribution in [0.1, 0.15) is 38.5 Å². The first-order valence-electron chi connectivity index (χ1n) is 7.26. The van der Waals surface area contributed by atoms with Crippen molar-refractivity contribution < 1.29 is 4.79 Å². The molecular formula is C14H25BrN2O. The summed E-state index contributed by atoms with van der Waals surface area (Å²) < 4.78 is 0. The Morgan fingerprint density at radius 2 is 2.11 bits per heavy atom. The quantitative estimate of drug-likeness (QED) is 0.587. The van der Waals surface area contributed by atoms with E-state index in [9.17, 15) is 4.79 Å². The van der Waals surface area contributed by atoms with Crippen molar-refractivity contribution in [1.29, 1.82) is 0 Å². The molecule has 2 aliphatic heterocycles. The van der Waals surface area contributed by atoms with Crippen LogP contribution in [0.4, 0.5) is 0 Å². The maximum atomic E-state index is 12.1. The third-order valence-electron chi connectivity index (χ3n) is 4.47. The number of likely N-dealkylation sites (tertiary alicyclic amines) is 2. The van der Waals surface area contributed by atoms with Gasteiger partial charge < -0.3 is 9.80 Å². The Morgan fingerprint density at radius 1 is 1.28 bits per heavy atom. The van der Waals surface area contributed by atoms with Gasteiger partial charge in [-0.1, -0.05) is 15.9 Å². The number of carbonyl (C=O) groups excluding carboxylic acids is 1. The van der Waals surface area contributed by atoms with Crippen molar-refractivity contribution >= 4 is 21.8 Å². The molecule has 2 aliphatic rings. The summed E-state index contributed by atoms with van der Waals surface area (Å²) in [6.45, 7) is 3.21. The standard InChI is InChI=1S/C14H25BrN2O/c1-16-9-4-5-12-11-17(10-7-13(12)16)14(18)6-2-3-8-15/h12-13H,2-11H2,1H3. The summed E-state index contributed by atoms with van der Waals surface area (Å²) in [6, 6.07) is 0.727. The molecular weight excluding hydrogens is 292 g/mol. The van der Waals surface area contributed by atoms with E-state index >= 15 is 0 Å². The minimum Gasteiger partial charge on any atom is -0.342 e. The molecule has 2 rings (SSSR count). The Labute approximate surface area is 119 Å². The van der Waals surface area contributed by atoms with Crippen molar-refractivity contribution in [3.63, 3.8) is 0 Å². The van der Waals surface area contributed by atoms with Crippen LogP contribution in [0.2, 0.25) is 0 Å². The molecule has 18 heavy (non-hydrogen) atoms. The number of rotatable bonds is 4. The number of unbranched alkanes of at least 4 members (excludes halogenated alkanes) is 1. The average molecular weight is 317 g/mol. The number of carbonyl (C=O) groups is 1. The smallest absolute Gasteiger partial charge is 0.222 e. The van der Waals surface area contributed by atoms with Crippen molar-refractivity contribution in [3.8, 4) is 0 Å². The maximum absolute atomic E-state index is 12.1. The highest BCUT2D eigenvalue weighted by Crippen LogP contribution is 2.29. The van der Waals surface area contributed by atoms with Crippen LogP contribution < -0.4 is 0 Å². The molecule has 0 spiro atoms. The van der Waals surface area contributed by atoms with Gasteiger partial charge in [-0.2, -0.15) is 0 Å². The molecule has 104 valence electrons. The molecule has 2 saturated heterocycles. The lowest BCUT2D eigenvalue weighted by atomic mass is 9.84. The lowest BCUT2D eigenvalue weighted by Crippen LogP contribution is -2.53. The first-order valence-corrected chi connectivity index (χ1v) is 8.38. The summed E-state index contributed by atoms with van der Waals surface area (Å²) in [6.07, 6.45) is 6.64. The first kappa shape index (κ1) is 14.3. The molecule has 3 nitrogen and oxygen atoms in total. The number of piperidine rings is 2. The van der Waals surface area contributed by atoms with Crippen LogP contribution in [0, 0.1) is 5.92 Å². The summed E-state index contributed by atoms with van der Waals surface area (Å²) in [4.78, 5) is 16.7. The van der Waals surface area contributed by atoms with Gasteiger partial charge in [0.1, 0.15) is 0 Å². The number of amides is 1. The predicted molar refractivity (Wildman–Crippen MR) is 78.0 cm³/mol. The Kier molecular flexibility index (Phi) is 5.49. The van der Waals surface area contributed by atoms with Crippen molar-refractivity contribution in [3.05, 3.63) is 0 Å². The number of alkyl halides is 1. The molecule has 0 aromatic rings. The van der Waals surface area contributed by atoms with E-state index in [1.807, 2.05) is 0 Å². The van der Waals surface area contributed by atoms with Crippen LogP contribution in [0.3, 0.4) is 0 Å². The molecule has 0 radical (unpaired) electrons. The Balaban J connectivity index is 1.81. The second-order valence-corrected chi connectivity index (χ2v) is 6.52. The van der Waals surface area contributed by atoms with Gasteiger partial charge in [0.2, 0.25) is 5.91 Å². The summed E-state index contributed by atoms with van der Waals surface area (Å²) >= 11 is 3.42. The lowest BCUT2D eigenvalue weighted by Gasteiger charge is -2.46. The molecule has 0 aromatic heterocycles. The third-order valence-corrected chi connectivity index (χ3v) is 5.03. The van der Waals surface area contributed by atoms with Crippen LogP contribution in [-0.4, -0.2) is 53.8 Å². The van der Waals surface area contributed by atoms with Gasteiger partial charge in [0, 0.05) is 30.9 Å². The van der Waals surface area contributed by atoms with Crippen molar-refractivity contribution in [2.24, 2.45) is 5.92 Å². The van der Waals surface area contributed by atoms with Gasteiger partial charge in [-0.15, -0.1) is 0 Å². The summed E-state index contributed by atoms with van der Waals surface area (Å²) in [5, 5.41) is 1.01. The van der Waals surface area contributed by atoms with Gasteiger partial charge in [-0.05, 0) is 51.6 Å². The second kappa shape index (κ2) is 6.90. The van der Waals surface area contributed by atoms with Crippen molar-refractivity contribution in [2.45, 2.75) is 44.6 Å². The van der Waals surface area contributed by atoms with Crippen LogP contribution >= 0.6 is 15.9 Å². The zero-order chi connectivity index (χ0) is 13.0. The van der Waals surface area contributed by atoms with Crippen LogP contribution in [-0.2, 0) is 4.79 Å². The summed E-state index contributed by atoms with van der Waals surface area (Å²) in [7, 11) is 2.24. The fraction of sp³-hybridized carbons (Fsp3) is 0.929. The second-order valence-electron chi connectivity index (χ2n) is 5.72. The summed E-state index contributed by atoms with van der Waals surface area (Å²) in [5.41, 5.74) is 0. The van der Waals surface area contributed by atoms with E-state index in [-0.39, 0.29) is 0 Å². The van der Waals surface area contributed by atoms with Gasteiger partial charge in [-0.25, -0.2) is 0 Å². The monoisotopic (exact) mass is 316 g/mol. The van der Waals surface area contributed by atoms with Gasteiger partial charge in [0.05, 0.1) is 0 Å². The Morgan fingerprint density at radius 3 is 2.89 bits per heavy atom. The van der Waals surface area contributed by atoms with E-state index in [1.165, 1.54) is 25.8 Å². The molecule has 0 aromatic carbocycles. The first-order chi connectivity index (χ1) is 8.72. The van der Waals surface area contributed by atoms with E-state index in [0.29, 0.717) is 5.91 Å². The van der Waals surface area contributed by atoms with Crippen molar-refractivity contribution in [1.82, 2.24) is 9.80 Å². The lowest BCUT2D eigenvalue weighted by molar-refractivity contribution is -0.134. The molecule has 2 fully saturated rings. The number of hydrogen-bond acceptors (Lipinski definition) is 2. The molecule has 0 aliphatic carbocycles. The number of fused-ring (bicyclic) bond motifs is 1. The van der Waals surface area contributed by atoms with Crippen LogP contribution in [0.15, 0.2) is 0 Å². The number of nitrogens with zero attached hydrogens (tertiary/aromatic N) is 2. The predicted octanol–water partition coefficient (Wildman–Crippen LogP) is 2.49. The SMILES string of the molecule is CN1CCCC2CN(C(=O)CCCCBr)CCC21. The van der Waals surface area contributed by atoms with Gasteiger partial charge in [0.15, 0.2) is 0 Å². The van der Waals surface area contributed by atoms with E-state index < -0.39 is 0 Å². The average Bonchev–Trinajstić information content (AvgIpc) is 2.39. The molecule has 1 amide bonds. The molecule has 0 bridgehead atoms. The van der Waals surface area contributed by atoms with E-state index in [4.69, 9.17) is 0 Å². The molecule has 4 heteroatoms. The highest BCUT2D eigenvalue weighted by atomic mass is 79.9. The van der Waals surface area contributed by atoms with Crippen LogP contribution in [0.5, 0.6) is 0 Å². The molecule has 2 heterocycles. The molecule has 0 N–H and O–H groups in total. The maximum Gasteiger partial charge on any atom is 0.222 e. The van der Waals surface area contributed by atoms with Gasteiger partial charge in [-0.3, -0.25) is 4.79 Å². The minimum atomic E-state index is 0.377. The molecule has 2 atom stereocenters. The largest absolute Gasteiger partial charge is 0.342 e. The third kappa shape index (κ3) is 3.47. The van der Waals surface area contributed by atoms with Crippen LogP contribution in [0.25, 0.3) is 0 Å². The fourth-order valence-electron chi connectivity index (χ4n) is 3.41. The zero-order valence-corrected chi connectivity index (χ0v) is 13.0. The zero-order valence-electron chi connectivity index (χ0n) is 11.4. The highest BCUT2D eigenvalue weighted by Gasteiger charge is 2.35. The minimum absolute atomic E-state index is 0.377. The highest BCUT2D eigenvalue weighted by molar-refractivity contribution is 9.09. The van der Waals surface area contributed by atoms with Crippen molar-refractivity contribution in [2.75, 3.05) is 32.0 Å². The summed E-state index contributed by atoms with van der Waals surface area (Å²) in [5.74, 6) is 1.10. The number of hydrogen-bond donors (Lipinski definition) is 0. The van der Waals surface area contributed by atoms with E-state index in [0.717, 1.165) is 49.6 Å². The molecule has 0 saturated carbocycles. The van der Waals surface area contributed by atoms with Gasteiger partial charge in [0.25, 0.3) is 0 Å². The topological polar surface area (TPSA) is 23.6 Å². The molecule has 2 unspecified atom stereocenters.